The third kappa shape index (κ3) is 3.51. The fourth-order valence-corrected chi connectivity index (χ4v) is 1.96. The van der Waals surface area contributed by atoms with Gasteiger partial charge in [-0.3, -0.25) is 0 Å². The van der Waals surface area contributed by atoms with Gasteiger partial charge in [-0.1, -0.05) is 6.92 Å². The minimum Gasteiger partial charge on any atom is -0.370 e. The zero-order valence-electron chi connectivity index (χ0n) is 11.9. The molecule has 2 rings (SSSR count). The summed E-state index contributed by atoms with van der Waals surface area (Å²) < 4.78 is 40.2. The summed E-state index contributed by atoms with van der Waals surface area (Å²) in [6, 6.07) is 2.87. The van der Waals surface area contributed by atoms with E-state index in [0.29, 0.717) is 30.7 Å². The number of hydrogen-bond donors (Lipinski definition) is 1. The third-order valence-corrected chi connectivity index (χ3v) is 2.89. The van der Waals surface area contributed by atoms with E-state index in [2.05, 4.69) is 15.3 Å². The van der Waals surface area contributed by atoms with Gasteiger partial charge in [0.2, 0.25) is 0 Å². The van der Waals surface area contributed by atoms with E-state index in [4.69, 9.17) is 0 Å². The summed E-state index contributed by atoms with van der Waals surface area (Å²) in [6.07, 6.45) is 1.45. The Morgan fingerprint density at radius 1 is 0.952 bits per heavy atom. The monoisotopic (exact) mass is 295 g/mol. The molecule has 112 valence electrons. The van der Waals surface area contributed by atoms with Crippen LogP contribution in [0.2, 0.25) is 0 Å². The molecular weight excluding hydrogens is 279 g/mol. The van der Waals surface area contributed by atoms with Crippen LogP contribution < -0.4 is 5.32 Å². The molecule has 0 saturated carbocycles. The summed E-state index contributed by atoms with van der Waals surface area (Å²) in [4.78, 5) is 8.52. The molecule has 0 radical (unpaired) electrons. The minimum atomic E-state index is -1.22. The zero-order chi connectivity index (χ0) is 15.4. The second-order valence-corrected chi connectivity index (χ2v) is 4.58. The predicted molar refractivity (Wildman–Crippen MR) is 75.5 cm³/mol. The molecule has 0 amide bonds. The van der Waals surface area contributed by atoms with Crippen molar-refractivity contribution >= 4 is 5.82 Å². The average Bonchev–Trinajstić information content (AvgIpc) is 2.43. The third-order valence-electron chi connectivity index (χ3n) is 2.89. The molecule has 6 heteroatoms. The SMILES string of the molecule is CCCc1nc(NCC)cc(-c2cc(F)c(F)cc2F)n1. The van der Waals surface area contributed by atoms with Crippen molar-refractivity contribution in [1.82, 2.24) is 9.97 Å². The Labute approximate surface area is 121 Å². The molecule has 0 spiro atoms. The van der Waals surface area contributed by atoms with Gasteiger partial charge in [0, 0.05) is 30.7 Å². The second-order valence-electron chi connectivity index (χ2n) is 4.58. The Morgan fingerprint density at radius 3 is 2.33 bits per heavy atom. The minimum absolute atomic E-state index is 0.0761. The lowest BCUT2D eigenvalue weighted by Crippen LogP contribution is -2.05. The van der Waals surface area contributed by atoms with Gasteiger partial charge in [-0.15, -0.1) is 0 Å². The number of aromatic nitrogens is 2. The first-order valence-corrected chi connectivity index (χ1v) is 6.81. The molecule has 0 aliphatic carbocycles. The highest BCUT2D eigenvalue weighted by molar-refractivity contribution is 5.63. The van der Waals surface area contributed by atoms with E-state index in [1.807, 2.05) is 13.8 Å². The number of nitrogens with zero attached hydrogens (tertiary/aromatic N) is 2. The first-order valence-electron chi connectivity index (χ1n) is 6.81. The van der Waals surface area contributed by atoms with E-state index in [1.54, 1.807) is 0 Å². The molecule has 1 heterocycles. The Bertz CT molecular complexity index is 620. The quantitative estimate of drug-likeness (QED) is 0.849. The van der Waals surface area contributed by atoms with Crippen LogP contribution in [0, 0.1) is 17.5 Å². The number of anilines is 1. The van der Waals surface area contributed by atoms with Crippen molar-refractivity contribution < 1.29 is 13.2 Å². The van der Waals surface area contributed by atoms with E-state index in [1.165, 1.54) is 6.07 Å². The lowest BCUT2D eigenvalue weighted by molar-refractivity contribution is 0.496. The van der Waals surface area contributed by atoms with Crippen molar-refractivity contribution in [3.63, 3.8) is 0 Å². The van der Waals surface area contributed by atoms with Gasteiger partial charge >= 0.3 is 0 Å². The maximum absolute atomic E-state index is 13.9. The highest BCUT2D eigenvalue weighted by Gasteiger charge is 2.14. The van der Waals surface area contributed by atoms with Gasteiger partial charge in [0.1, 0.15) is 17.5 Å². The lowest BCUT2D eigenvalue weighted by atomic mass is 10.1. The maximum Gasteiger partial charge on any atom is 0.161 e. The summed E-state index contributed by atoms with van der Waals surface area (Å²) >= 11 is 0. The topological polar surface area (TPSA) is 37.8 Å². The normalized spacial score (nSPS) is 10.7. The van der Waals surface area contributed by atoms with Gasteiger partial charge in [0.15, 0.2) is 11.6 Å². The van der Waals surface area contributed by atoms with Crippen molar-refractivity contribution in [1.29, 1.82) is 0 Å². The lowest BCUT2D eigenvalue weighted by Gasteiger charge is -2.09. The van der Waals surface area contributed by atoms with Crippen LogP contribution in [-0.4, -0.2) is 16.5 Å². The Kier molecular flexibility index (Phi) is 4.77. The standard InChI is InChI=1S/C15H16F3N3/c1-3-5-14-20-13(8-15(21-14)19-4-2)9-6-11(17)12(18)7-10(9)16/h6-8H,3-5H2,1-2H3,(H,19,20,21). The van der Waals surface area contributed by atoms with Gasteiger partial charge < -0.3 is 5.32 Å². The summed E-state index contributed by atoms with van der Waals surface area (Å²) in [6.45, 7) is 4.52. The van der Waals surface area contributed by atoms with Crippen LogP contribution in [0.4, 0.5) is 19.0 Å². The summed E-state index contributed by atoms with van der Waals surface area (Å²) in [5.74, 6) is -2.10. The van der Waals surface area contributed by atoms with Crippen LogP contribution in [0.5, 0.6) is 0 Å². The number of halogens is 3. The second kappa shape index (κ2) is 6.56. The predicted octanol–water partition coefficient (Wildman–Crippen LogP) is 3.95. The average molecular weight is 295 g/mol. The van der Waals surface area contributed by atoms with Gasteiger partial charge in [0.05, 0.1) is 5.69 Å². The molecule has 1 N–H and O–H groups in total. The molecule has 2 aromatic rings. The number of hydrogen-bond acceptors (Lipinski definition) is 3. The molecule has 1 aromatic carbocycles. The number of benzene rings is 1. The molecule has 0 aliphatic rings. The van der Waals surface area contributed by atoms with Gasteiger partial charge in [0.25, 0.3) is 0 Å². The first-order chi connectivity index (χ1) is 10.0. The highest BCUT2D eigenvalue weighted by atomic mass is 19.2. The fraction of sp³-hybridized carbons (Fsp3) is 0.333. The molecule has 0 saturated heterocycles. The summed E-state index contributed by atoms with van der Waals surface area (Å²) in [5.41, 5.74) is 0.161. The van der Waals surface area contributed by atoms with Crippen molar-refractivity contribution in [2.24, 2.45) is 0 Å². The van der Waals surface area contributed by atoms with Crippen molar-refractivity contribution in [3.8, 4) is 11.3 Å². The van der Waals surface area contributed by atoms with Crippen LogP contribution >= 0.6 is 0 Å². The van der Waals surface area contributed by atoms with Crippen molar-refractivity contribution in [3.05, 3.63) is 41.5 Å². The number of rotatable bonds is 5. The van der Waals surface area contributed by atoms with Crippen LogP contribution in [-0.2, 0) is 6.42 Å². The smallest absolute Gasteiger partial charge is 0.161 e. The molecule has 1 aromatic heterocycles. The van der Waals surface area contributed by atoms with Crippen molar-refractivity contribution in [2.75, 3.05) is 11.9 Å². The molecule has 21 heavy (non-hydrogen) atoms. The molecule has 0 unspecified atom stereocenters. The summed E-state index contributed by atoms with van der Waals surface area (Å²) in [7, 11) is 0. The number of aryl methyl sites for hydroxylation is 1. The van der Waals surface area contributed by atoms with Crippen molar-refractivity contribution in [2.45, 2.75) is 26.7 Å². The molecule has 0 bridgehead atoms. The van der Waals surface area contributed by atoms with E-state index in [0.717, 1.165) is 12.5 Å². The first kappa shape index (κ1) is 15.3. The van der Waals surface area contributed by atoms with Crippen LogP contribution in [0.15, 0.2) is 18.2 Å². The Balaban J connectivity index is 2.54. The molecular formula is C15H16F3N3. The zero-order valence-corrected chi connectivity index (χ0v) is 11.9. The molecule has 0 fully saturated rings. The van der Waals surface area contributed by atoms with E-state index < -0.39 is 17.5 Å². The van der Waals surface area contributed by atoms with Gasteiger partial charge in [-0.2, -0.15) is 0 Å². The Hall–Kier alpha value is -2.11. The van der Waals surface area contributed by atoms with Crippen LogP contribution in [0.3, 0.4) is 0 Å². The number of nitrogens with one attached hydrogen (secondary N) is 1. The summed E-state index contributed by atoms with van der Waals surface area (Å²) in [5, 5.41) is 3.02. The molecule has 0 aliphatic heterocycles. The largest absolute Gasteiger partial charge is 0.370 e. The maximum atomic E-state index is 13.9. The van der Waals surface area contributed by atoms with E-state index in [-0.39, 0.29) is 11.3 Å². The van der Waals surface area contributed by atoms with Gasteiger partial charge in [-0.25, -0.2) is 23.1 Å². The highest BCUT2D eigenvalue weighted by Crippen LogP contribution is 2.25. The fourth-order valence-electron chi connectivity index (χ4n) is 1.96. The van der Waals surface area contributed by atoms with E-state index in [9.17, 15) is 13.2 Å². The molecule has 0 atom stereocenters. The van der Waals surface area contributed by atoms with Crippen LogP contribution in [0.25, 0.3) is 11.3 Å². The van der Waals surface area contributed by atoms with Crippen LogP contribution in [0.1, 0.15) is 26.1 Å². The molecule has 3 nitrogen and oxygen atoms in total. The Morgan fingerprint density at radius 2 is 1.67 bits per heavy atom. The van der Waals surface area contributed by atoms with Gasteiger partial charge in [-0.05, 0) is 19.4 Å². The van der Waals surface area contributed by atoms with E-state index >= 15 is 0 Å².